The molecule has 0 amide bonds. The molecule has 1 aromatic carbocycles. The van der Waals surface area contributed by atoms with Gasteiger partial charge in [0, 0.05) is 42.7 Å². The van der Waals surface area contributed by atoms with Gasteiger partial charge in [0.05, 0.1) is 25.3 Å². The molecule has 2 aliphatic rings. The third kappa shape index (κ3) is 7.09. The van der Waals surface area contributed by atoms with Crippen molar-refractivity contribution in [3.63, 3.8) is 0 Å². The predicted octanol–water partition coefficient (Wildman–Crippen LogP) is 6.41. The summed E-state index contributed by atoms with van der Waals surface area (Å²) in [7, 11) is 3.08. The van der Waals surface area contributed by atoms with E-state index >= 15 is 0 Å². The Kier molecular flexibility index (Phi) is 9.98. The highest BCUT2D eigenvalue weighted by Gasteiger charge is 2.25. The molecule has 3 aromatic rings. The number of ether oxygens (including phenoxy) is 5. The van der Waals surface area contributed by atoms with Crippen LogP contribution in [-0.2, 0) is 32.0 Å². The summed E-state index contributed by atoms with van der Waals surface area (Å²) in [4.78, 5) is 28.6. The van der Waals surface area contributed by atoms with E-state index in [0.717, 1.165) is 24.7 Å². The van der Waals surface area contributed by atoms with Gasteiger partial charge < -0.3 is 33.3 Å². The number of carboxylic acids is 1. The molecule has 1 saturated heterocycles. The first-order valence-electron chi connectivity index (χ1n) is 14.5. The number of rotatable bonds is 14. The minimum Gasteiger partial charge on any atom is -0.500 e. The number of nitrogens with zero attached hydrogens (tertiary/aromatic N) is 2. The summed E-state index contributed by atoms with van der Waals surface area (Å²) in [6.45, 7) is 2.19. The van der Waals surface area contributed by atoms with Crippen molar-refractivity contribution in [2.75, 3.05) is 21.0 Å². The fourth-order valence-electron chi connectivity index (χ4n) is 5.09. The van der Waals surface area contributed by atoms with Crippen LogP contribution in [0.4, 0.5) is 0 Å². The fraction of sp³-hybridized carbons (Fsp3) is 0.294. The first-order chi connectivity index (χ1) is 21.9. The zero-order valence-electron chi connectivity index (χ0n) is 25.3. The Morgan fingerprint density at radius 1 is 1.13 bits per heavy atom. The zero-order valence-corrected chi connectivity index (χ0v) is 25.3. The quantitative estimate of drug-likeness (QED) is 0.159. The van der Waals surface area contributed by atoms with Gasteiger partial charge in [0.25, 0.3) is 0 Å². The maximum atomic E-state index is 12.4. The van der Waals surface area contributed by atoms with Crippen LogP contribution in [0.3, 0.4) is 0 Å². The summed E-state index contributed by atoms with van der Waals surface area (Å²) < 4.78 is 34.2. The van der Waals surface area contributed by atoms with Gasteiger partial charge in [-0.2, -0.15) is 0 Å². The Balaban J connectivity index is 1.55. The first kappa shape index (κ1) is 31.1. The van der Waals surface area contributed by atoms with Crippen LogP contribution < -0.4 is 9.47 Å². The van der Waals surface area contributed by atoms with E-state index < -0.39 is 5.97 Å². The minimum atomic E-state index is -1.05. The Morgan fingerprint density at radius 3 is 2.71 bits per heavy atom. The number of methoxy groups -OCH3 is 2. The van der Waals surface area contributed by atoms with Crippen molar-refractivity contribution in [2.24, 2.45) is 0 Å². The normalized spacial score (nSPS) is 14.4. The van der Waals surface area contributed by atoms with Crippen LogP contribution in [-0.4, -0.2) is 48.5 Å². The molecule has 1 fully saturated rings. The molecular weight excluding hydrogens is 580 g/mol. The van der Waals surface area contributed by atoms with Crippen LogP contribution in [0.1, 0.15) is 60.0 Å². The number of carbonyl (C=O) groups excluding carboxylic acids is 1. The first-order valence-corrected chi connectivity index (χ1v) is 14.5. The smallest absolute Gasteiger partial charge is 0.336 e. The molecule has 3 heterocycles. The van der Waals surface area contributed by atoms with Crippen molar-refractivity contribution < 1.29 is 42.9 Å². The molecule has 1 aliphatic carbocycles. The number of aryl methyl sites for hydroxylation is 1. The molecule has 0 spiro atoms. The van der Waals surface area contributed by atoms with Crippen molar-refractivity contribution in [2.45, 2.75) is 45.6 Å². The van der Waals surface area contributed by atoms with Gasteiger partial charge in [-0.15, -0.1) is 0 Å². The van der Waals surface area contributed by atoms with E-state index in [1.165, 1.54) is 13.2 Å². The third-order valence-electron chi connectivity index (χ3n) is 7.42. The van der Waals surface area contributed by atoms with Gasteiger partial charge >= 0.3 is 5.97 Å². The summed E-state index contributed by atoms with van der Waals surface area (Å²) in [5.41, 5.74) is 3.44. The monoisotopic (exact) mass is 614 g/mol. The number of aldehydes is 1. The van der Waals surface area contributed by atoms with E-state index in [4.69, 9.17) is 28.2 Å². The Labute approximate surface area is 260 Å². The highest BCUT2D eigenvalue weighted by atomic mass is 16.7. The number of carbonyl (C=O) groups is 2. The van der Waals surface area contributed by atoms with E-state index in [9.17, 15) is 14.7 Å². The average Bonchev–Trinajstić information content (AvgIpc) is 3.64. The van der Waals surface area contributed by atoms with Gasteiger partial charge in [-0.25, -0.2) is 9.78 Å². The summed E-state index contributed by atoms with van der Waals surface area (Å²) in [5, 5.41) is 14.0. The SMILES string of the molecule is CCCCc1onc(/C=C(/C=O)CC2=C(OC)CC=C3OCOC3=C2)c1-c1cnc(OC)cc1OCc1ccccc1C(=O)O. The molecular formula is C34H34N2O9. The molecule has 0 saturated carbocycles. The number of aromatic nitrogens is 2. The van der Waals surface area contributed by atoms with Gasteiger partial charge in [-0.3, -0.25) is 4.79 Å². The lowest BCUT2D eigenvalue weighted by atomic mass is 9.98. The molecule has 0 bridgehead atoms. The maximum absolute atomic E-state index is 12.4. The van der Waals surface area contributed by atoms with Gasteiger partial charge in [0.2, 0.25) is 12.7 Å². The summed E-state index contributed by atoms with van der Waals surface area (Å²) in [5.74, 6) is 2.17. The van der Waals surface area contributed by atoms with Gasteiger partial charge in [-0.05, 0) is 41.9 Å². The van der Waals surface area contributed by atoms with Crippen LogP contribution in [0.2, 0.25) is 0 Å². The van der Waals surface area contributed by atoms with Crippen LogP contribution in [0.25, 0.3) is 17.2 Å². The predicted molar refractivity (Wildman–Crippen MR) is 163 cm³/mol. The minimum absolute atomic E-state index is 0.0204. The van der Waals surface area contributed by atoms with E-state index in [2.05, 4.69) is 17.1 Å². The molecule has 2 aromatic heterocycles. The lowest BCUT2D eigenvalue weighted by Gasteiger charge is -2.14. The van der Waals surface area contributed by atoms with E-state index in [1.807, 2.05) is 12.2 Å². The van der Waals surface area contributed by atoms with Crippen molar-refractivity contribution in [3.8, 4) is 22.8 Å². The standard InChI is InChI=1S/C34H34N2O9/c1-4-5-10-29-33(25-17-35-32(41-3)16-30(25)42-19-22-8-6-7-9-24(22)34(38)39)26(36-45-29)14-21(18-37)13-23-15-31-28(43-20-44-31)12-11-27(23)40-2/h6-9,12,14-18H,4-5,10-11,13,19-20H2,1-3H3,(H,38,39)/b21-14+. The van der Waals surface area contributed by atoms with Crippen LogP contribution in [0.15, 0.2) is 81.6 Å². The molecule has 5 rings (SSSR count). The summed E-state index contributed by atoms with van der Waals surface area (Å²) in [6, 6.07) is 8.27. The van der Waals surface area contributed by atoms with Crippen molar-refractivity contribution in [3.05, 3.63) is 99.7 Å². The molecule has 0 radical (unpaired) electrons. The van der Waals surface area contributed by atoms with Gasteiger partial charge in [-0.1, -0.05) is 36.7 Å². The number of aromatic carboxylic acids is 1. The molecule has 1 aliphatic heterocycles. The number of benzene rings is 1. The second-order valence-corrected chi connectivity index (χ2v) is 10.3. The topological polar surface area (TPSA) is 139 Å². The second-order valence-electron chi connectivity index (χ2n) is 10.3. The van der Waals surface area contributed by atoms with Gasteiger partial charge in [0.1, 0.15) is 35.9 Å². The Bertz CT molecular complexity index is 1700. The number of allylic oxidation sites excluding steroid dienone is 4. The molecule has 11 nitrogen and oxygen atoms in total. The highest BCUT2D eigenvalue weighted by molar-refractivity contribution is 5.89. The molecule has 11 heteroatoms. The van der Waals surface area contributed by atoms with E-state index in [-0.39, 0.29) is 25.4 Å². The number of hydrogen-bond acceptors (Lipinski definition) is 10. The van der Waals surface area contributed by atoms with E-state index in [1.54, 1.807) is 43.6 Å². The lowest BCUT2D eigenvalue weighted by Crippen LogP contribution is -2.06. The second kappa shape index (κ2) is 14.4. The van der Waals surface area contributed by atoms with Crippen molar-refractivity contribution >= 4 is 18.3 Å². The molecule has 1 N–H and O–H groups in total. The third-order valence-corrected chi connectivity index (χ3v) is 7.42. The van der Waals surface area contributed by atoms with Crippen LogP contribution >= 0.6 is 0 Å². The number of pyridine rings is 1. The number of fused-ring (bicyclic) bond motifs is 1. The van der Waals surface area contributed by atoms with Crippen LogP contribution in [0.5, 0.6) is 11.6 Å². The van der Waals surface area contributed by atoms with Crippen LogP contribution in [0, 0.1) is 0 Å². The molecule has 0 atom stereocenters. The number of carboxylic acid groups (broad SMARTS) is 1. The molecule has 234 valence electrons. The summed E-state index contributed by atoms with van der Waals surface area (Å²) in [6.07, 6.45) is 10.8. The average molecular weight is 615 g/mol. The largest absolute Gasteiger partial charge is 0.500 e. The number of hydrogen-bond donors (Lipinski definition) is 1. The number of unbranched alkanes of at least 4 members (excludes halogenated alkanes) is 1. The highest BCUT2D eigenvalue weighted by Crippen LogP contribution is 2.39. The Morgan fingerprint density at radius 2 is 1.96 bits per heavy atom. The molecule has 0 unspecified atom stereocenters. The maximum Gasteiger partial charge on any atom is 0.336 e. The van der Waals surface area contributed by atoms with Crippen molar-refractivity contribution in [1.82, 2.24) is 10.1 Å². The molecule has 45 heavy (non-hydrogen) atoms. The van der Waals surface area contributed by atoms with Gasteiger partial charge in [0.15, 0.2) is 11.5 Å². The van der Waals surface area contributed by atoms with Crippen molar-refractivity contribution in [1.29, 1.82) is 0 Å². The lowest BCUT2D eigenvalue weighted by molar-refractivity contribution is -0.104. The zero-order chi connectivity index (χ0) is 31.8. The van der Waals surface area contributed by atoms with E-state index in [0.29, 0.717) is 75.5 Å². The fourth-order valence-corrected chi connectivity index (χ4v) is 5.09. The Hall–Kier alpha value is -5.32. The summed E-state index contributed by atoms with van der Waals surface area (Å²) >= 11 is 0.